The lowest BCUT2D eigenvalue weighted by Gasteiger charge is -1.93. The molecule has 15 heavy (non-hydrogen) atoms. The molecule has 0 unspecified atom stereocenters. The molecule has 1 heterocycles. The van der Waals surface area contributed by atoms with Crippen LogP contribution in [0.2, 0.25) is 0 Å². The fraction of sp³-hybridized carbons (Fsp3) is 0.143. The average molecular weight is 248 g/mol. The van der Waals surface area contributed by atoms with Crippen molar-refractivity contribution in [1.82, 2.24) is 4.98 Å². The van der Waals surface area contributed by atoms with Crippen molar-refractivity contribution in [3.05, 3.63) is 11.1 Å². The third-order valence-corrected chi connectivity index (χ3v) is 2.02. The van der Waals surface area contributed by atoms with E-state index in [1.165, 1.54) is 11.3 Å². The first kappa shape index (κ1) is 11.6. The molecule has 0 saturated heterocycles. The number of halogens is 1. The Balaban J connectivity index is 2.40. The molecule has 0 saturated carbocycles. The first-order chi connectivity index (χ1) is 7.08. The van der Waals surface area contributed by atoms with Crippen LogP contribution in [0.15, 0.2) is 10.5 Å². The minimum absolute atomic E-state index is 0.0541. The lowest BCUT2D eigenvalue weighted by Crippen LogP contribution is -2.05. The number of hydrogen-bond acceptors (Lipinski definition) is 7. The maximum atomic E-state index is 11.0. The van der Waals surface area contributed by atoms with Gasteiger partial charge in [-0.2, -0.15) is 0 Å². The highest BCUT2D eigenvalue weighted by Gasteiger charge is 2.07. The Morgan fingerprint density at radius 3 is 3.00 bits per heavy atom. The normalized spacial score (nSPS) is 10.5. The van der Waals surface area contributed by atoms with E-state index in [9.17, 15) is 9.59 Å². The monoisotopic (exact) mass is 247 g/mol. The third-order valence-electron chi connectivity index (χ3n) is 1.20. The Hall–Kier alpha value is -1.47. The average Bonchev–Trinajstić information content (AvgIpc) is 2.50. The predicted octanol–water partition coefficient (Wildman–Crippen LogP) is 0.562. The number of nitrogens with zero attached hydrogens (tertiary/aromatic N) is 2. The molecule has 1 aromatic rings. The summed E-state index contributed by atoms with van der Waals surface area (Å²) in [6, 6.07) is 0. The minimum Gasteiger partial charge on any atom is -0.375 e. The first-order valence-electron chi connectivity index (χ1n) is 3.70. The zero-order chi connectivity index (χ0) is 11.3. The van der Waals surface area contributed by atoms with Crippen molar-refractivity contribution in [2.24, 2.45) is 5.16 Å². The van der Waals surface area contributed by atoms with Crippen molar-refractivity contribution in [3.8, 4) is 0 Å². The Morgan fingerprint density at radius 1 is 1.73 bits per heavy atom. The molecule has 0 aliphatic carbocycles. The van der Waals surface area contributed by atoms with Gasteiger partial charge in [0.2, 0.25) is 0 Å². The zero-order valence-electron chi connectivity index (χ0n) is 7.34. The van der Waals surface area contributed by atoms with E-state index < -0.39 is 11.2 Å². The largest absolute Gasteiger partial charge is 0.375 e. The minimum atomic E-state index is -0.819. The predicted molar refractivity (Wildman–Crippen MR) is 55.7 cm³/mol. The van der Waals surface area contributed by atoms with Crippen LogP contribution in [-0.4, -0.2) is 22.4 Å². The van der Waals surface area contributed by atoms with Crippen molar-refractivity contribution in [1.29, 1.82) is 0 Å². The van der Waals surface area contributed by atoms with Crippen molar-refractivity contribution >= 4 is 45.5 Å². The number of nitrogen functional groups attached to an aromatic ring is 1. The molecule has 0 aliphatic rings. The molecular formula is C7H6ClN3O3S. The Morgan fingerprint density at radius 2 is 2.47 bits per heavy atom. The second-order valence-corrected chi connectivity index (χ2v) is 3.62. The SMILES string of the molecule is Nc1nc(CC(=O)O/N=C/C(=O)Cl)cs1. The van der Waals surface area contributed by atoms with E-state index >= 15 is 0 Å². The van der Waals surface area contributed by atoms with E-state index in [1.54, 1.807) is 5.38 Å². The van der Waals surface area contributed by atoms with Gasteiger partial charge in [0, 0.05) is 5.38 Å². The molecule has 0 aromatic carbocycles. The molecule has 1 aromatic heterocycles. The van der Waals surface area contributed by atoms with Crippen LogP contribution in [0.1, 0.15) is 5.69 Å². The van der Waals surface area contributed by atoms with Gasteiger partial charge in [-0.1, -0.05) is 5.16 Å². The summed E-state index contributed by atoms with van der Waals surface area (Å²) in [5.41, 5.74) is 5.85. The summed E-state index contributed by atoms with van der Waals surface area (Å²) >= 11 is 6.14. The van der Waals surface area contributed by atoms with Gasteiger partial charge >= 0.3 is 5.97 Å². The summed E-state index contributed by atoms with van der Waals surface area (Å²) in [5, 5.41) is 4.25. The van der Waals surface area contributed by atoms with Crippen molar-refractivity contribution < 1.29 is 14.4 Å². The summed E-state index contributed by atoms with van der Waals surface area (Å²) in [5.74, 6) is -0.644. The summed E-state index contributed by atoms with van der Waals surface area (Å²) in [6.45, 7) is 0. The molecule has 1 rings (SSSR count). The third kappa shape index (κ3) is 4.52. The number of carbonyl (C=O) groups excluding carboxylic acids is 2. The van der Waals surface area contributed by atoms with Crippen LogP contribution >= 0.6 is 22.9 Å². The van der Waals surface area contributed by atoms with Crippen molar-refractivity contribution in [2.45, 2.75) is 6.42 Å². The highest BCUT2D eigenvalue weighted by atomic mass is 35.5. The maximum absolute atomic E-state index is 11.0. The molecule has 0 amide bonds. The molecule has 0 fully saturated rings. The summed E-state index contributed by atoms with van der Waals surface area (Å²) in [4.78, 5) is 29.4. The Bertz CT molecular complexity index is 404. The number of hydrogen-bond donors (Lipinski definition) is 1. The summed E-state index contributed by atoms with van der Waals surface area (Å²) in [6.07, 6.45) is 0.635. The quantitative estimate of drug-likeness (QED) is 0.363. The van der Waals surface area contributed by atoms with E-state index in [1.807, 2.05) is 0 Å². The van der Waals surface area contributed by atoms with Crippen LogP contribution in [0.25, 0.3) is 0 Å². The van der Waals surface area contributed by atoms with Crippen LogP contribution in [-0.2, 0) is 20.8 Å². The van der Waals surface area contributed by atoms with Gasteiger partial charge in [0.25, 0.3) is 5.24 Å². The number of carbonyl (C=O) groups is 2. The standard InChI is InChI=1S/C7H6ClN3O3S/c8-5(12)2-10-14-6(13)1-4-3-15-7(9)11-4/h2-3H,1H2,(H2,9,11)/b10-2+. The fourth-order valence-corrected chi connectivity index (χ4v) is 1.31. The van der Waals surface area contributed by atoms with Crippen molar-refractivity contribution in [3.63, 3.8) is 0 Å². The van der Waals surface area contributed by atoms with Gasteiger partial charge in [0.15, 0.2) is 5.13 Å². The molecular weight excluding hydrogens is 242 g/mol. The van der Waals surface area contributed by atoms with E-state index in [0.29, 0.717) is 17.0 Å². The summed E-state index contributed by atoms with van der Waals surface area (Å²) in [7, 11) is 0. The number of nitrogens with two attached hydrogens (primary N) is 1. The molecule has 0 radical (unpaired) electrons. The number of rotatable bonds is 4. The van der Waals surface area contributed by atoms with Gasteiger partial charge in [-0.25, -0.2) is 9.78 Å². The zero-order valence-corrected chi connectivity index (χ0v) is 8.92. The number of aromatic nitrogens is 1. The topological polar surface area (TPSA) is 94.6 Å². The molecule has 0 spiro atoms. The van der Waals surface area contributed by atoms with Crippen LogP contribution in [0.3, 0.4) is 0 Å². The molecule has 8 heteroatoms. The van der Waals surface area contributed by atoms with E-state index in [2.05, 4.69) is 15.0 Å². The highest BCUT2D eigenvalue weighted by molar-refractivity contribution is 7.13. The maximum Gasteiger partial charge on any atom is 0.340 e. The van der Waals surface area contributed by atoms with Gasteiger partial charge in [0.1, 0.15) is 6.21 Å². The van der Waals surface area contributed by atoms with Crippen LogP contribution < -0.4 is 5.73 Å². The number of anilines is 1. The lowest BCUT2D eigenvalue weighted by atomic mass is 10.3. The Labute approximate surface area is 93.7 Å². The van der Waals surface area contributed by atoms with E-state index in [4.69, 9.17) is 17.3 Å². The first-order valence-corrected chi connectivity index (χ1v) is 4.96. The number of oxime groups is 1. The molecule has 2 N–H and O–H groups in total. The lowest BCUT2D eigenvalue weighted by molar-refractivity contribution is -0.142. The van der Waals surface area contributed by atoms with E-state index in [-0.39, 0.29) is 6.42 Å². The molecule has 0 bridgehead atoms. The van der Waals surface area contributed by atoms with Crippen LogP contribution in [0, 0.1) is 0 Å². The Kier molecular flexibility index (Phi) is 4.19. The number of thiazole rings is 1. The van der Waals surface area contributed by atoms with Gasteiger partial charge in [-0.3, -0.25) is 4.79 Å². The smallest absolute Gasteiger partial charge is 0.340 e. The molecule has 0 atom stereocenters. The van der Waals surface area contributed by atoms with Crippen LogP contribution in [0.5, 0.6) is 0 Å². The molecule has 80 valence electrons. The fourth-order valence-electron chi connectivity index (χ4n) is 0.711. The van der Waals surface area contributed by atoms with Crippen LogP contribution in [0.4, 0.5) is 5.13 Å². The van der Waals surface area contributed by atoms with Crippen molar-refractivity contribution in [2.75, 3.05) is 5.73 Å². The van der Waals surface area contributed by atoms with Gasteiger partial charge < -0.3 is 10.6 Å². The van der Waals surface area contributed by atoms with E-state index in [0.717, 1.165) is 0 Å². The van der Waals surface area contributed by atoms with Gasteiger partial charge in [-0.15, -0.1) is 11.3 Å². The van der Waals surface area contributed by atoms with Gasteiger partial charge in [0.05, 0.1) is 12.1 Å². The van der Waals surface area contributed by atoms with Gasteiger partial charge in [-0.05, 0) is 11.6 Å². The molecule has 0 aliphatic heterocycles. The highest BCUT2D eigenvalue weighted by Crippen LogP contribution is 2.11. The molecule has 6 nitrogen and oxygen atoms in total. The summed E-state index contributed by atoms with van der Waals surface area (Å²) < 4.78 is 0. The second-order valence-electron chi connectivity index (χ2n) is 2.36. The second kappa shape index (κ2) is 5.42.